The Kier molecular flexibility index (Phi) is 6.21. The molecule has 0 unspecified atom stereocenters. The van der Waals surface area contributed by atoms with Gasteiger partial charge in [-0.1, -0.05) is 47.1 Å². The molecule has 24 heavy (non-hydrogen) atoms. The molecule has 6 heteroatoms. The standard InChI is InChI=1S/C18H18ClNO4/c1-12-8-9-16(15(19)10-12)24-11-13-6-4-5-7-14(13)17(20-23-3)18(21)22-2/h4-10H,11H2,1-3H3. The average molecular weight is 348 g/mol. The van der Waals surface area contributed by atoms with Crippen LogP contribution in [0, 0.1) is 6.92 Å². The Hall–Kier alpha value is -2.53. The molecule has 0 amide bonds. The Morgan fingerprint density at radius 1 is 1.17 bits per heavy atom. The number of esters is 1. The average Bonchev–Trinajstić information content (AvgIpc) is 2.59. The highest BCUT2D eigenvalue weighted by molar-refractivity contribution is 6.43. The van der Waals surface area contributed by atoms with E-state index in [4.69, 9.17) is 25.9 Å². The Morgan fingerprint density at radius 3 is 2.58 bits per heavy atom. The van der Waals surface area contributed by atoms with Gasteiger partial charge in [0, 0.05) is 5.56 Å². The number of halogens is 1. The lowest BCUT2D eigenvalue weighted by Crippen LogP contribution is -2.19. The zero-order valence-electron chi connectivity index (χ0n) is 13.7. The van der Waals surface area contributed by atoms with Crippen molar-refractivity contribution in [1.29, 1.82) is 0 Å². The van der Waals surface area contributed by atoms with Crippen LogP contribution in [0.3, 0.4) is 0 Å². The molecule has 0 aliphatic heterocycles. The van der Waals surface area contributed by atoms with Gasteiger partial charge in [-0.2, -0.15) is 0 Å². The third-order valence-corrected chi connectivity index (χ3v) is 3.60. The summed E-state index contributed by atoms with van der Waals surface area (Å²) in [5.41, 5.74) is 2.46. The fraction of sp³-hybridized carbons (Fsp3) is 0.222. The van der Waals surface area contributed by atoms with E-state index in [2.05, 4.69) is 5.16 Å². The van der Waals surface area contributed by atoms with E-state index in [-0.39, 0.29) is 12.3 Å². The van der Waals surface area contributed by atoms with Gasteiger partial charge in [0.15, 0.2) is 5.71 Å². The maximum absolute atomic E-state index is 11.9. The van der Waals surface area contributed by atoms with E-state index in [1.165, 1.54) is 14.2 Å². The molecule has 0 aliphatic rings. The fourth-order valence-corrected chi connectivity index (χ4v) is 2.43. The van der Waals surface area contributed by atoms with Crippen LogP contribution >= 0.6 is 11.6 Å². The number of carbonyl (C=O) groups is 1. The summed E-state index contributed by atoms with van der Waals surface area (Å²) in [4.78, 5) is 16.7. The molecule has 0 saturated carbocycles. The van der Waals surface area contributed by atoms with Gasteiger partial charge in [0.25, 0.3) is 0 Å². The normalized spacial score (nSPS) is 11.1. The maximum Gasteiger partial charge on any atom is 0.360 e. The van der Waals surface area contributed by atoms with Gasteiger partial charge >= 0.3 is 5.97 Å². The molecule has 0 radical (unpaired) electrons. The van der Waals surface area contributed by atoms with E-state index in [9.17, 15) is 4.79 Å². The zero-order valence-corrected chi connectivity index (χ0v) is 14.5. The summed E-state index contributed by atoms with van der Waals surface area (Å²) < 4.78 is 10.5. The summed E-state index contributed by atoms with van der Waals surface area (Å²) in [6.45, 7) is 2.17. The molecular weight excluding hydrogens is 330 g/mol. The molecule has 0 saturated heterocycles. The molecule has 5 nitrogen and oxygen atoms in total. The van der Waals surface area contributed by atoms with E-state index in [1.807, 2.05) is 37.3 Å². The lowest BCUT2D eigenvalue weighted by molar-refractivity contribution is -0.132. The van der Waals surface area contributed by atoms with Crippen molar-refractivity contribution in [2.75, 3.05) is 14.2 Å². The summed E-state index contributed by atoms with van der Waals surface area (Å²) in [7, 11) is 2.66. The Labute approximate surface area is 145 Å². The van der Waals surface area contributed by atoms with Crippen molar-refractivity contribution in [2.45, 2.75) is 13.5 Å². The van der Waals surface area contributed by atoms with Crippen LogP contribution in [0.1, 0.15) is 16.7 Å². The second-order valence-electron chi connectivity index (χ2n) is 4.99. The van der Waals surface area contributed by atoms with E-state index in [1.54, 1.807) is 12.1 Å². The third-order valence-electron chi connectivity index (χ3n) is 3.30. The molecule has 0 bridgehead atoms. The molecule has 2 rings (SSSR count). The number of hydrogen-bond donors (Lipinski definition) is 0. The van der Waals surface area contributed by atoms with Crippen molar-refractivity contribution < 1.29 is 19.1 Å². The smallest absolute Gasteiger partial charge is 0.360 e. The minimum Gasteiger partial charge on any atom is -0.487 e. The first-order chi connectivity index (χ1) is 11.6. The molecule has 126 valence electrons. The van der Waals surface area contributed by atoms with Gasteiger partial charge in [-0.05, 0) is 30.2 Å². The Bertz CT molecular complexity index is 758. The van der Waals surface area contributed by atoms with Crippen LogP contribution in [0.4, 0.5) is 0 Å². The maximum atomic E-state index is 11.9. The van der Waals surface area contributed by atoms with Crippen LogP contribution in [0.15, 0.2) is 47.6 Å². The van der Waals surface area contributed by atoms with Crippen molar-refractivity contribution in [2.24, 2.45) is 5.16 Å². The highest BCUT2D eigenvalue weighted by atomic mass is 35.5. The topological polar surface area (TPSA) is 57.1 Å². The molecule has 0 atom stereocenters. The largest absolute Gasteiger partial charge is 0.487 e. The first kappa shape index (κ1) is 17.8. The molecule has 0 fully saturated rings. The molecule has 0 N–H and O–H groups in total. The van der Waals surface area contributed by atoms with Gasteiger partial charge in [-0.15, -0.1) is 0 Å². The summed E-state index contributed by atoms with van der Waals surface area (Å²) in [6.07, 6.45) is 0. The second-order valence-corrected chi connectivity index (χ2v) is 5.40. The molecule has 0 aliphatic carbocycles. The molecule has 2 aromatic rings. The molecule has 2 aromatic carbocycles. The summed E-state index contributed by atoms with van der Waals surface area (Å²) >= 11 is 6.18. The van der Waals surface area contributed by atoms with E-state index in [0.717, 1.165) is 11.1 Å². The van der Waals surface area contributed by atoms with Gasteiger partial charge in [0.2, 0.25) is 0 Å². The van der Waals surface area contributed by atoms with Gasteiger partial charge in [0.1, 0.15) is 19.5 Å². The summed E-state index contributed by atoms with van der Waals surface area (Å²) in [6, 6.07) is 12.8. The molecular formula is C18H18ClNO4. The Balaban J connectivity index is 2.28. The van der Waals surface area contributed by atoms with Crippen LogP contribution in [-0.2, 0) is 21.0 Å². The SMILES string of the molecule is CON=C(C(=O)OC)c1ccccc1COc1ccc(C)cc1Cl. The van der Waals surface area contributed by atoms with Crippen molar-refractivity contribution in [1.82, 2.24) is 0 Å². The van der Waals surface area contributed by atoms with Crippen molar-refractivity contribution in [3.05, 3.63) is 64.2 Å². The van der Waals surface area contributed by atoms with Crippen LogP contribution in [0.2, 0.25) is 5.02 Å². The highest BCUT2D eigenvalue weighted by Crippen LogP contribution is 2.26. The Morgan fingerprint density at radius 2 is 1.92 bits per heavy atom. The summed E-state index contributed by atoms with van der Waals surface area (Å²) in [5.74, 6) is -0.0157. The van der Waals surface area contributed by atoms with E-state index in [0.29, 0.717) is 16.3 Å². The number of ether oxygens (including phenoxy) is 2. The van der Waals surface area contributed by atoms with Crippen LogP contribution in [0.5, 0.6) is 5.75 Å². The van der Waals surface area contributed by atoms with Crippen LogP contribution in [0.25, 0.3) is 0 Å². The number of carbonyl (C=O) groups excluding carboxylic acids is 1. The van der Waals surface area contributed by atoms with E-state index < -0.39 is 5.97 Å². The zero-order chi connectivity index (χ0) is 17.5. The lowest BCUT2D eigenvalue weighted by Gasteiger charge is -2.12. The van der Waals surface area contributed by atoms with Crippen LogP contribution < -0.4 is 4.74 Å². The lowest BCUT2D eigenvalue weighted by atomic mass is 10.0. The fourth-order valence-electron chi connectivity index (χ4n) is 2.14. The highest BCUT2D eigenvalue weighted by Gasteiger charge is 2.19. The predicted octanol–water partition coefficient (Wildman–Crippen LogP) is 3.75. The van der Waals surface area contributed by atoms with Crippen molar-refractivity contribution >= 4 is 23.3 Å². The van der Waals surface area contributed by atoms with Gasteiger partial charge in [-0.3, -0.25) is 0 Å². The third kappa shape index (κ3) is 4.26. The van der Waals surface area contributed by atoms with Gasteiger partial charge in [0.05, 0.1) is 12.1 Å². The first-order valence-corrected chi connectivity index (χ1v) is 7.61. The quantitative estimate of drug-likeness (QED) is 0.453. The van der Waals surface area contributed by atoms with Crippen molar-refractivity contribution in [3.63, 3.8) is 0 Å². The van der Waals surface area contributed by atoms with Crippen molar-refractivity contribution in [3.8, 4) is 5.75 Å². The minimum atomic E-state index is -0.585. The van der Waals surface area contributed by atoms with Crippen LogP contribution in [-0.4, -0.2) is 25.9 Å². The minimum absolute atomic E-state index is 0.0780. The number of oxime groups is 1. The molecule has 0 aromatic heterocycles. The monoisotopic (exact) mass is 347 g/mol. The molecule has 0 heterocycles. The number of methoxy groups -OCH3 is 1. The number of aryl methyl sites for hydroxylation is 1. The number of nitrogens with zero attached hydrogens (tertiary/aromatic N) is 1. The number of rotatable bonds is 6. The number of hydrogen-bond acceptors (Lipinski definition) is 5. The summed E-state index contributed by atoms with van der Waals surface area (Å²) in [5, 5.41) is 4.30. The van der Waals surface area contributed by atoms with E-state index >= 15 is 0 Å². The molecule has 0 spiro atoms. The first-order valence-electron chi connectivity index (χ1n) is 7.23. The van der Waals surface area contributed by atoms with Gasteiger partial charge < -0.3 is 14.3 Å². The predicted molar refractivity (Wildman–Crippen MR) is 92.5 cm³/mol. The van der Waals surface area contributed by atoms with Gasteiger partial charge in [-0.25, -0.2) is 4.79 Å². The number of benzene rings is 2. The second kappa shape index (κ2) is 8.36.